The van der Waals surface area contributed by atoms with Crippen LogP contribution in [0, 0.1) is 0 Å². The maximum Gasteiger partial charge on any atom is 0.256 e. The molecular formula is C12H14Cl2N6O. The highest BCUT2D eigenvalue weighted by molar-refractivity contribution is 6.53. The molecule has 2 aromatic rings. The molecule has 7 nitrogen and oxygen atoms in total. The van der Waals surface area contributed by atoms with Gasteiger partial charge < -0.3 is 15.2 Å². The largest absolute Gasteiger partial charge is 0.382 e. The number of nitrogens with two attached hydrogens (primary N) is 1. The van der Waals surface area contributed by atoms with Crippen molar-refractivity contribution in [2.24, 2.45) is 0 Å². The van der Waals surface area contributed by atoms with Crippen LogP contribution in [0.25, 0.3) is 11.2 Å². The molecule has 1 atom stereocenters. The summed E-state index contributed by atoms with van der Waals surface area (Å²) in [6.07, 6.45) is 4.89. The lowest BCUT2D eigenvalue weighted by molar-refractivity contribution is -0.130. The van der Waals surface area contributed by atoms with E-state index in [4.69, 9.17) is 28.9 Å². The third-order valence-electron chi connectivity index (χ3n) is 3.68. The second kappa shape index (κ2) is 5.65. The molecule has 2 N–H and O–H groups in total. The molecule has 1 unspecified atom stereocenters. The molecule has 0 aliphatic carbocycles. The number of carbonyl (C=O) groups excluding carboxylic acids is 1. The third kappa shape index (κ3) is 2.63. The van der Waals surface area contributed by atoms with Crippen molar-refractivity contribution in [3.05, 3.63) is 12.7 Å². The zero-order valence-electron chi connectivity index (χ0n) is 11.1. The zero-order valence-corrected chi connectivity index (χ0v) is 12.6. The summed E-state index contributed by atoms with van der Waals surface area (Å²) < 4.78 is 1.88. The van der Waals surface area contributed by atoms with E-state index in [0.29, 0.717) is 30.1 Å². The molecule has 0 radical (unpaired) electrons. The van der Waals surface area contributed by atoms with Crippen LogP contribution in [0.2, 0.25) is 0 Å². The fourth-order valence-electron chi connectivity index (χ4n) is 2.70. The Labute approximate surface area is 131 Å². The van der Waals surface area contributed by atoms with E-state index < -0.39 is 4.84 Å². The molecular weight excluding hydrogens is 315 g/mol. The SMILES string of the molecule is Nc1ncnc2c1ncn2CC1CCCN1C(=O)C(Cl)Cl. The summed E-state index contributed by atoms with van der Waals surface area (Å²) in [6, 6.07) is 0.0334. The molecule has 1 fully saturated rings. The fourth-order valence-corrected chi connectivity index (χ4v) is 2.95. The number of nitrogen functional groups attached to an aromatic ring is 1. The Balaban J connectivity index is 1.85. The first-order valence-electron chi connectivity index (χ1n) is 6.58. The second-order valence-electron chi connectivity index (χ2n) is 4.96. The molecule has 3 rings (SSSR count). The summed E-state index contributed by atoms with van der Waals surface area (Å²) in [6.45, 7) is 1.25. The van der Waals surface area contributed by atoms with Crippen LogP contribution in [0.3, 0.4) is 0 Å². The van der Waals surface area contributed by atoms with E-state index >= 15 is 0 Å². The first kappa shape index (κ1) is 14.3. The van der Waals surface area contributed by atoms with E-state index in [9.17, 15) is 4.79 Å². The standard InChI is InChI=1S/C12H14Cl2N6O/c13-9(14)12(21)20-3-1-2-7(20)4-19-6-18-8-10(15)16-5-17-11(8)19/h5-7,9H,1-4H2,(H2,15,16,17). The molecule has 1 aliphatic rings. The molecule has 0 spiro atoms. The molecule has 21 heavy (non-hydrogen) atoms. The average Bonchev–Trinajstić information content (AvgIpc) is 3.07. The van der Waals surface area contributed by atoms with Gasteiger partial charge in [-0.1, -0.05) is 23.2 Å². The van der Waals surface area contributed by atoms with Gasteiger partial charge in [-0.3, -0.25) is 4.79 Å². The van der Waals surface area contributed by atoms with Crippen molar-refractivity contribution in [3.63, 3.8) is 0 Å². The van der Waals surface area contributed by atoms with Crippen LogP contribution in [0.5, 0.6) is 0 Å². The van der Waals surface area contributed by atoms with Gasteiger partial charge in [-0.05, 0) is 12.8 Å². The fraction of sp³-hybridized carbons (Fsp3) is 0.500. The second-order valence-corrected chi connectivity index (χ2v) is 6.05. The zero-order chi connectivity index (χ0) is 15.0. The number of halogens is 2. The Kier molecular flexibility index (Phi) is 3.86. The third-order valence-corrected chi connectivity index (χ3v) is 4.06. The number of amides is 1. The number of anilines is 1. The van der Waals surface area contributed by atoms with Crippen molar-refractivity contribution >= 4 is 46.1 Å². The van der Waals surface area contributed by atoms with Crippen LogP contribution in [-0.4, -0.2) is 47.7 Å². The minimum Gasteiger partial charge on any atom is -0.382 e. The number of hydrogen-bond acceptors (Lipinski definition) is 5. The van der Waals surface area contributed by atoms with Crippen LogP contribution in [0.1, 0.15) is 12.8 Å². The van der Waals surface area contributed by atoms with Gasteiger partial charge in [0.05, 0.1) is 6.33 Å². The van der Waals surface area contributed by atoms with E-state index in [-0.39, 0.29) is 11.9 Å². The predicted octanol–water partition coefficient (Wildman–Crippen LogP) is 1.20. The van der Waals surface area contributed by atoms with Crippen LogP contribution in [0.4, 0.5) is 5.82 Å². The van der Waals surface area contributed by atoms with Crippen LogP contribution < -0.4 is 5.73 Å². The molecule has 2 aromatic heterocycles. The summed E-state index contributed by atoms with van der Waals surface area (Å²) in [4.78, 5) is 25.0. The van der Waals surface area contributed by atoms with Crippen molar-refractivity contribution in [1.82, 2.24) is 24.4 Å². The number of likely N-dealkylation sites (tertiary alicyclic amines) is 1. The lowest BCUT2D eigenvalue weighted by Gasteiger charge is -2.25. The van der Waals surface area contributed by atoms with Gasteiger partial charge in [-0.15, -0.1) is 0 Å². The van der Waals surface area contributed by atoms with Crippen LogP contribution in [0.15, 0.2) is 12.7 Å². The molecule has 1 aliphatic heterocycles. The normalized spacial score (nSPS) is 18.8. The van der Waals surface area contributed by atoms with E-state index in [1.165, 1.54) is 6.33 Å². The smallest absolute Gasteiger partial charge is 0.256 e. The topological polar surface area (TPSA) is 89.9 Å². The van der Waals surface area contributed by atoms with Crippen molar-refractivity contribution in [3.8, 4) is 0 Å². The van der Waals surface area contributed by atoms with Crippen molar-refractivity contribution in [2.75, 3.05) is 12.3 Å². The first-order chi connectivity index (χ1) is 10.1. The Morgan fingerprint density at radius 3 is 3.00 bits per heavy atom. The minimum absolute atomic E-state index is 0.0334. The monoisotopic (exact) mass is 328 g/mol. The number of alkyl halides is 2. The number of fused-ring (bicyclic) bond motifs is 1. The van der Waals surface area contributed by atoms with Gasteiger partial charge in [0.15, 0.2) is 16.3 Å². The van der Waals surface area contributed by atoms with Gasteiger partial charge in [0.2, 0.25) is 0 Å². The van der Waals surface area contributed by atoms with E-state index in [1.807, 2.05) is 4.57 Å². The summed E-state index contributed by atoms with van der Waals surface area (Å²) >= 11 is 11.4. The lowest BCUT2D eigenvalue weighted by atomic mass is 10.2. The molecule has 0 aromatic carbocycles. The predicted molar refractivity (Wildman–Crippen MR) is 80.0 cm³/mol. The van der Waals surface area contributed by atoms with Crippen molar-refractivity contribution in [2.45, 2.75) is 30.3 Å². The molecule has 0 bridgehead atoms. The molecule has 1 amide bonds. The molecule has 3 heterocycles. The minimum atomic E-state index is -1.02. The Morgan fingerprint density at radius 1 is 1.43 bits per heavy atom. The van der Waals surface area contributed by atoms with Crippen LogP contribution in [-0.2, 0) is 11.3 Å². The number of nitrogens with zero attached hydrogens (tertiary/aromatic N) is 5. The highest BCUT2D eigenvalue weighted by Gasteiger charge is 2.32. The average molecular weight is 329 g/mol. The molecule has 112 valence electrons. The summed E-state index contributed by atoms with van der Waals surface area (Å²) in [5.74, 6) is 0.0964. The molecule has 1 saturated heterocycles. The van der Waals surface area contributed by atoms with Crippen molar-refractivity contribution in [1.29, 1.82) is 0 Å². The van der Waals surface area contributed by atoms with Gasteiger partial charge in [-0.25, -0.2) is 15.0 Å². The molecule has 0 saturated carbocycles. The number of rotatable bonds is 3. The van der Waals surface area contributed by atoms with Gasteiger partial charge in [-0.2, -0.15) is 0 Å². The van der Waals surface area contributed by atoms with Gasteiger partial charge in [0.25, 0.3) is 5.91 Å². The highest BCUT2D eigenvalue weighted by atomic mass is 35.5. The van der Waals surface area contributed by atoms with E-state index in [1.54, 1.807) is 11.2 Å². The number of aromatic nitrogens is 4. The van der Waals surface area contributed by atoms with E-state index in [0.717, 1.165) is 12.8 Å². The molecule has 9 heteroatoms. The van der Waals surface area contributed by atoms with Gasteiger partial charge in [0, 0.05) is 19.1 Å². The summed E-state index contributed by atoms with van der Waals surface area (Å²) in [7, 11) is 0. The quantitative estimate of drug-likeness (QED) is 0.855. The number of imidazole rings is 1. The maximum absolute atomic E-state index is 12.0. The van der Waals surface area contributed by atoms with Crippen molar-refractivity contribution < 1.29 is 4.79 Å². The maximum atomic E-state index is 12.0. The summed E-state index contributed by atoms with van der Waals surface area (Å²) in [5, 5.41) is 0. The number of hydrogen-bond donors (Lipinski definition) is 1. The Bertz CT molecular complexity index is 673. The lowest BCUT2D eigenvalue weighted by Crippen LogP contribution is -2.40. The Morgan fingerprint density at radius 2 is 2.24 bits per heavy atom. The van der Waals surface area contributed by atoms with E-state index in [2.05, 4.69) is 15.0 Å². The highest BCUT2D eigenvalue weighted by Crippen LogP contribution is 2.23. The number of carbonyl (C=O) groups is 1. The Hall–Kier alpha value is -1.60. The van der Waals surface area contributed by atoms with Crippen LogP contribution >= 0.6 is 23.2 Å². The van der Waals surface area contributed by atoms with Gasteiger partial charge >= 0.3 is 0 Å². The first-order valence-corrected chi connectivity index (χ1v) is 7.45. The van der Waals surface area contributed by atoms with Gasteiger partial charge in [0.1, 0.15) is 11.8 Å². The summed E-state index contributed by atoms with van der Waals surface area (Å²) in [5.41, 5.74) is 7.00.